The second kappa shape index (κ2) is 5.70. The van der Waals surface area contributed by atoms with E-state index >= 15 is 0 Å². The van der Waals surface area contributed by atoms with Crippen molar-refractivity contribution >= 4 is 29.0 Å². The SMILES string of the molecule is Cc1cc2c(c(NC(Cl)(C(N)=O)c3ccccc3)c1)C(=O)CC2. The van der Waals surface area contributed by atoms with Gasteiger partial charge in [-0.3, -0.25) is 9.59 Å². The monoisotopic (exact) mass is 328 g/mol. The van der Waals surface area contributed by atoms with E-state index < -0.39 is 10.9 Å². The molecule has 0 bridgehead atoms. The first-order valence-corrected chi connectivity index (χ1v) is 7.79. The Morgan fingerprint density at radius 3 is 2.57 bits per heavy atom. The maximum atomic E-state index is 12.2. The van der Waals surface area contributed by atoms with Crippen molar-refractivity contribution in [1.82, 2.24) is 0 Å². The topological polar surface area (TPSA) is 72.2 Å². The molecule has 0 aromatic heterocycles. The van der Waals surface area contributed by atoms with Crippen molar-refractivity contribution in [3.05, 3.63) is 64.7 Å². The van der Waals surface area contributed by atoms with Crippen molar-refractivity contribution in [3.63, 3.8) is 0 Å². The maximum Gasteiger partial charge on any atom is 0.263 e. The summed E-state index contributed by atoms with van der Waals surface area (Å²) in [6.07, 6.45) is 1.19. The van der Waals surface area contributed by atoms with Crippen molar-refractivity contribution in [3.8, 4) is 0 Å². The zero-order valence-corrected chi connectivity index (χ0v) is 13.5. The number of hydrogen-bond donors (Lipinski definition) is 2. The number of fused-ring (bicyclic) bond motifs is 1. The summed E-state index contributed by atoms with van der Waals surface area (Å²) in [5.74, 6) is -0.662. The number of primary amides is 1. The molecule has 0 saturated heterocycles. The molecule has 0 spiro atoms. The molecule has 0 radical (unpaired) electrons. The van der Waals surface area contributed by atoms with Crippen LogP contribution in [-0.2, 0) is 16.2 Å². The smallest absolute Gasteiger partial charge is 0.263 e. The molecule has 1 amide bonds. The molecule has 118 valence electrons. The Morgan fingerprint density at radius 1 is 1.22 bits per heavy atom. The van der Waals surface area contributed by atoms with Gasteiger partial charge in [-0.05, 0) is 30.5 Å². The van der Waals surface area contributed by atoms with Crippen LogP contribution in [0.1, 0.15) is 33.5 Å². The minimum absolute atomic E-state index is 0.0547. The fraction of sp³-hybridized carbons (Fsp3) is 0.222. The van der Waals surface area contributed by atoms with Gasteiger partial charge < -0.3 is 11.1 Å². The number of nitrogens with two attached hydrogens (primary N) is 1. The Labute approximate surface area is 139 Å². The Morgan fingerprint density at radius 2 is 1.91 bits per heavy atom. The number of benzene rings is 2. The largest absolute Gasteiger partial charge is 0.366 e. The highest BCUT2D eigenvalue weighted by molar-refractivity contribution is 6.36. The summed E-state index contributed by atoms with van der Waals surface area (Å²) >= 11 is 6.54. The van der Waals surface area contributed by atoms with Crippen LogP contribution in [0.2, 0.25) is 0 Å². The van der Waals surface area contributed by atoms with Gasteiger partial charge in [0.25, 0.3) is 5.91 Å². The number of hydrogen-bond acceptors (Lipinski definition) is 3. The first-order chi connectivity index (χ1) is 10.9. The first kappa shape index (κ1) is 15.6. The molecule has 1 aliphatic carbocycles. The van der Waals surface area contributed by atoms with E-state index in [2.05, 4.69) is 5.32 Å². The van der Waals surface area contributed by atoms with E-state index in [0.717, 1.165) is 11.1 Å². The number of Topliss-reactive ketones (excluding diaryl/α,β-unsaturated/α-hetero) is 1. The molecule has 2 aromatic rings. The molecule has 2 aromatic carbocycles. The number of alkyl halides is 1. The molecule has 5 heteroatoms. The molecule has 1 atom stereocenters. The predicted octanol–water partition coefficient (Wildman–Crippen LogP) is 3.11. The van der Waals surface area contributed by atoms with E-state index in [1.165, 1.54) is 0 Å². The van der Waals surface area contributed by atoms with Gasteiger partial charge in [-0.15, -0.1) is 0 Å². The van der Waals surface area contributed by atoms with E-state index in [-0.39, 0.29) is 5.78 Å². The average molecular weight is 329 g/mol. The molecule has 0 heterocycles. The van der Waals surface area contributed by atoms with Gasteiger partial charge in [0.15, 0.2) is 5.78 Å². The summed E-state index contributed by atoms with van der Waals surface area (Å²) in [6, 6.07) is 12.7. The molecular formula is C18H17ClN2O2. The van der Waals surface area contributed by atoms with Gasteiger partial charge in [0.05, 0.1) is 0 Å². The third-order valence-electron chi connectivity index (χ3n) is 4.08. The highest BCUT2D eigenvalue weighted by atomic mass is 35.5. The number of amides is 1. The quantitative estimate of drug-likeness (QED) is 0.669. The molecule has 0 fully saturated rings. The summed E-state index contributed by atoms with van der Waals surface area (Å²) in [5.41, 5.74) is 9.23. The van der Waals surface area contributed by atoms with Gasteiger partial charge in [0.1, 0.15) is 0 Å². The molecule has 0 aliphatic heterocycles. The highest BCUT2D eigenvalue weighted by Crippen LogP contribution is 2.36. The third kappa shape index (κ3) is 2.70. The minimum Gasteiger partial charge on any atom is -0.366 e. The molecule has 23 heavy (non-hydrogen) atoms. The molecular weight excluding hydrogens is 312 g/mol. The van der Waals surface area contributed by atoms with Crippen LogP contribution in [-0.4, -0.2) is 11.7 Å². The van der Waals surface area contributed by atoms with Gasteiger partial charge >= 0.3 is 0 Å². The number of aryl methyl sites for hydroxylation is 2. The molecule has 0 saturated carbocycles. The third-order valence-corrected chi connectivity index (χ3v) is 4.58. The second-order valence-corrected chi connectivity index (χ2v) is 6.35. The van der Waals surface area contributed by atoms with Crippen LogP contribution in [0, 0.1) is 6.92 Å². The molecule has 3 rings (SSSR count). The van der Waals surface area contributed by atoms with Crippen LogP contribution in [0.5, 0.6) is 0 Å². The lowest BCUT2D eigenvalue weighted by Crippen LogP contribution is -2.43. The first-order valence-electron chi connectivity index (χ1n) is 7.41. The van der Waals surface area contributed by atoms with Crippen LogP contribution in [0.3, 0.4) is 0 Å². The predicted molar refractivity (Wildman–Crippen MR) is 90.6 cm³/mol. The maximum absolute atomic E-state index is 12.2. The van der Waals surface area contributed by atoms with Gasteiger partial charge in [0, 0.05) is 23.2 Å². The number of halogens is 1. The molecule has 1 unspecified atom stereocenters. The Hall–Kier alpha value is -2.33. The lowest BCUT2D eigenvalue weighted by atomic mass is 10.0. The lowest BCUT2D eigenvalue weighted by molar-refractivity contribution is -0.120. The number of carbonyl (C=O) groups excluding carboxylic acids is 2. The second-order valence-electron chi connectivity index (χ2n) is 5.78. The number of rotatable bonds is 4. The number of carbonyl (C=O) groups is 2. The van der Waals surface area contributed by atoms with E-state index in [9.17, 15) is 9.59 Å². The van der Waals surface area contributed by atoms with Crippen molar-refractivity contribution in [2.45, 2.75) is 24.8 Å². The summed E-state index contributed by atoms with van der Waals surface area (Å²) in [6.45, 7) is 1.94. The van der Waals surface area contributed by atoms with Gasteiger partial charge in [-0.25, -0.2) is 0 Å². The average Bonchev–Trinajstić information content (AvgIpc) is 2.89. The zero-order valence-electron chi connectivity index (χ0n) is 12.7. The zero-order chi connectivity index (χ0) is 16.6. The van der Waals surface area contributed by atoms with Crippen molar-refractivity contribution < 1.29 is 9.59 Å². The number of nitrogens with one attached hydrogen (secondary N) is 1. The van der Waals surface area contributed by atoms with Crippen LogP contribution in [0.15, 0.2) is 42.5 Å². The lowest BCUT2D eigenvalue weighted by Gasteiger charge is -2.28. The van der Waals surface area contributed by atoms with Gasteiger partial charge in [-0.1, -0.05) is 48.0 Å². The number of anilines is 1. The normalized spacial score (nSPS) is 15.8. The van der Waals surface area contributed by atoms with E-state index in [1.54, 1.807) is 24.3 Å². The van der Waals surface area contributed by atoms with Crippen molar-refractivity contribution in [2.75, 3.05) is 5.32 Å². The van der Waals surface area contributed by atoms with Crippen molar-refractivity contribution in [2.24, 2.45) is 5.73 Å². The van der Waals surface area contributed by atoms with Crippen LogP contribution < -0.4 is 11.1 Å². The van der Waals surface area contributed by atoms with Crippen LogP contribution in [0.4, 0.5) is 5.69 Å². The van der Waals surface area contributed by atoms with E-state index in [0.29, 0.717) is 29.7 Å². The van der Waals surface area contributed by atoms with E-state index in [1.807, 2.05) is 25.1 Å². The summed E-state index contributed by atoms with van der Waals surface area (Å²) in [5, 5.41) is 3.01. The van der Waals surface area contributed by atoms with Crippen LogP contribution in [0.25, 0.3) is 0 Å². The van der Waals surface area contributed by atoms with Gasteiger partial charge in [-0.2, -0.15) is 0 Å². The Bertz CT molecular complexity index is 789. The summed E-state index contributed by atoms with van der Waals surface area (Å²) in [4.78, 5) is 22.6. The van der Waals surface area contributed by atoms with Gasteiger partial charge in [0.2, 0.25) is 5.00 Å². The fourth-order valence-corrected chi connectivity index (χ4v) is 3.22. The number of ketones is 1. The Balaban J connectivity index is 2.10. The fourth-order valence-electron chi connectivity index (χ4n) is 2.99. The Kier molecular flexibility index (Phi) is 3.86. The van der Waals surface area contributed by atoms with E-state index in [4.69, 9.17) is 17.3 Å². The summed E-state index contributed by atoms with van der Waals surface area (Å²) in [7, 11) is 0. The highest BCUT2D eigenvalue weighted by Gasteiger charge is 2.38. The molecule has 3 N–H and O–H groups in total. The standard InChI is InChI=1S/C18H17ClN2O2/c1-11-9-12-7-8-15(22)16(12)14(10-11)21-18(19,17(20)23)13-5-3-2-4-6-13/h2-6,9-10,21H,7-8H2,1H3,(H2,20,23). The summed E-state index contributed by atoms with van der Waals surface area (Å²) < 4.78 is 0. The minimum atomic E-state index is -1.61. The van der Waals surface area contributed by atoms with Crippen molar-refractivity contribution in [1.29, 1.82) is 0 Å². The molecule has 4 nitrogen and oxygen atoms in total. The van der Waals surface area contributed by atoms with Crippen LogP contribution >= 0.6 is 11.6 Å². The molecule has 1 aliphatic rings.